The number of benzene rings is 1. The number of nitrogens with one attached hydrogen (secondary N) is 1. The van der Waals surface area contributed by atoms with Crippen molar-refractivity contribution in [3.8, 4) is 10.6 Å². The van der Waals surface area contributed by atoms with Gasteiger partial charge in [0, 0.05) is 29.7 Å². The van der Waals surface area contributed by atoms with E-state index in [1.165, 1.54) is 0 Å². The minimum atomic E-state index is 0.453. The molecule has 0 aliphatic heterocycles. The monoisotopic (exact) mass is 284 g/mol. The van der Waals surface area contributed by atoms with Crippen LogP contribution in [0.1, 0.15) is 18.9 Å². The van der Waals surface area contributed by atoms with E-state index in [1.54, 1.807) is 11.3 Å². The summed E-state index contributed by atoms with van der Waals surface area (Å²) in [6.07, 6.45) is 1.81. The van der Waals surface area contributed by atoms with Gasteiger partial charge >= 0.3 is 0 Å². The lowest BCUT2D eigenvalue weighted by Crippen LogP contribution is -2.21. The van der Waals surface area contributed by atoms with E-state index in [1.807, 2.05) is 18.3 Å². The highest BCUT2D eigenvalue weighted by molar-refractivity contribution is 7.14. The summed E-state index contributed by atoms with van der Waals surface area (Å²) < 4.78 is 0. The molecule has 0 amide bonds. The first-order valence-corrected chi connectivity index (χ1v) is 7.45. The Bertz CT molecular complexity index is 720. The van der Waals surface area contributed by atoms with Gasteiger partial charge in [-0.1, -0.05) is 31.3 Å². The Labute approximate surface area is 121 Å². The Hall–Kier alpha value is -1.85. The van der Waals surface area contributed by atoms with Crippen LogP contribution in [0, 0.1) is 0 Å². The molecule has 2 aromatic heterocycles. The summed E-state index contributed by atoms with van der Waals surface area (Å²) >= 11 is 1.63. The lowest BCUT2D eigenvalue weighted by molar-refractivity contribution is 0.585. The van der Waals surface area contributed by atoms with E-state index in [9.17, 15) is 0 Å². The molecule has 0 aliphatic carbocycles. The SMILES string of the molecule is CC(C)NCc1nnc(-c2ccc3ncccc3c2)s1. The van der Waals surface area contributed by atoms with Crippen LogP contribution in [0.2, 0.25) is 0 Å². The van der Waals surface area contributed by atoms with Gasteiger partial charge in [0.2, 0.25) is 0 Å². The first-order chi connectivity index (χ1) is 9.72. The van der Waals surface area contributed by atoms with Gasteiger partial charge in [0.05, 0.1) is 5.52 Å². The van der Waals surface area contributed by atoms with Crippen LogP contribution in [-0.4, -0.2) is 21.2 Å². The summed E-state index contributed by atoms with van der Waals surface area (Å²) in [5.74, 6) is 0. The quantitative estimate of drug-likeness (QED) is 0.799. The maximum atomic E-state index is 4.33. The van der Waals surface area contributed by atoms with Crippen molar-refractivity contribution in [2.24, 2.45) is 0 Å². The second-order valence-electron chi connectivity index (χ2n) is 4.95. The molecule has 5 heteroatoms. The third-order valence-corrected chi connectivity index (χ3v) is 3.95. The summed E-state index contributed by atoms with van der Waals surface area (Å²) in [7, 11) is 0. The van der Waals surface area contributed by atoms with E-state index < -0.39 is 0 Å². The largest absolute Gasteiger partial charge is 0.308 e. The maximum Gasteiger partial charge on any atom is 0.147 e. The second kappa shape index (κ2) is 5.64. The van der Waals surface area contributed by atoms with Gasteiger partial charge in [-0.25, -0.2) is 0 Å². The third kappa shape index (κ3) is 2.84. The molecule has 0 saturated heterocycles. The second-order valence-corrected chi connectivity index (χ2v) is 6.01. The van der Waals surface area contributed by atoms with Gasteiger partial charge in [0.15, 0.2) is 0 Å². The van der Waals surface area contributed by atoms with Gasteiger partial charge in [-0.05, 0) is 24.3 Å². The number of hydrogen-bond acceptors (Lipinski definition) is 5. The molecule has 1 N–H and O–H groups in total. The number of rotatable bonds is 4. The van der Waals surface area contributed by atoms with Crippen LogP contribution in [0.5, 0.6) is 0 Å². The molecule has 0 aliphatic rings. The average Bonchev–Trinajstić information content (AvgIpc) is 2.93. The molecule has 0 radical (unpaired) electrons. The standard InChI is InChI=1S/C15H16N4S/c1-10(2)17-9-14-18-19-15(20-14)12-5-6-13-11(8-12)4-3-7-16-13/h3-8,10,17H,9H2,1-2H3. The molecular formula is C15H16N4S. The van der Waals surface area contributed by atoms with Crippen molar-refractivity contribution in [3.63, 3.8) is 0 Å². The molecule has 2 heterocycles. The van der Waals surface area contributed by atoms with Crippen LogP contribution in [0.25, 0.3) is 21.5 Å². The van der Waals surface area contributed by atoms with Crippen LogP contribution in [0.4, 0.5) is 0 Å². The number of nitrogens with zero attached hydrogens (tertiary/aromatic N) is 3. The van der Waals surface area contributed by atoms with Crippen molar-refractivity contribution in [2.75, 3.05) is 0 Å². The summed E-state index contributed by atoms with van der Waals surface area (Å²) in [5, 5.41) is 15.0. The molecule has 0 unspecified atom stereocenters. The fourth-order valence-electron chi connectivity index (χ4n) is 1.94. The Morgan fingerprint density at radius 3 is 2.95 bits per heavy atom. The minimum absolute atomic E-state index is 0.453. The van der Waals surface area contributed by atoms with Crippen molar-refractivity contribution in [1.29, 1.82) is 0 Å². The fraction of sp³-hybridized carbons (Fsp3) is 0.267. The molecule has 3 aromatic rings. The van der Waals surface area contributed by atoms with Crippen molar-refractivity contribution in [3.05, 3.63) is 41.5 Å². The van der Waals surface area contributed by atoms with E-state index in [2.05, 4.69) is 52.5 Å². The Kier molecular flexibility index (Phi) is 3.71. The number of pyridine rings is 1. The van der Waals surface area contributed by atoms with Crippen molar-refractivity contribution < 1.29 is 0 Å². The van der Waals surface area contributed by atoms with Crippen LogP contribution < -0.4 is 5.32 Å². The lowest BCUT2D eigenvalue weighted by atomic mass is 10.1. The van der Waals surface area contributed by atoms with Gasteiger partial charge in [-0.2, -0.15) is 0 Å². The van der Waals surface area contributed by atoms with E-state index in [4.69, 9.17) is 0 Å². The summed E-state index contributed by atoms with van der Waals surface area (Å²) in [5.41, 5.74) is 2.10. The van der Waals surface area contributed by atoms with Gasteiger partial charge in [0.25, 0.3) is 0 Å². The fourth-order valence-corrected chi connectivity index (χ4v) is 2.73. The third-order valence-electron chi connectivity index (χ3n) is 2.98. The van der Waals surface area contributed by atoms with Gasteiger partial charge in [-0.15, -0.1) is 10.2 Å². The number of aromatic nitrogens is 3. The molecule has 102 valence electrons. The highest BCUT2D eigenvalue weighted by Crippen LogP contribution is 2.26. The summed E-state index contributed by atoms with van der Waals surface area (Å²) in [4.78, 5) is 4.33. The Morgan fingerprint density at radius 1 is 1.20 bits per heavy atom. The predicted molar refractivity (Wildman–Crippen MR) is 82.6 cm³/mol. The zero-order chi connectivity index (χ0) is 13.9. The van der Waals surface area contributed by atoms with E-state index in [-0.39, 0.29) is 0 Å². The van der Waals surface area contributed by atoms with E-state index >= 15 is 0 Å². The molecular weight excluding hydrogens is 268 g/mol. The van der Waals surface area contributed by atoms with Crippen molar-refractivity contribution in [2.45, 2.75) is 26.4 Å². The molecule has 0 spiro atoms. The smallest absolute Gasteiger partial charge is 0.147 e. The molecule has 0 fully saturated rings. The van der Waals surface area contributed by atoms with E-state index in [0.717, 1.165) is 33.0 Å². The molecule has 1 aromatic carbocycles. The molecule has 0 atom stereocenters. The van der Waals surface area contributed by atoms with Crippen LogP contribution >= 0.6 is 11.3 Å². The van der Waals surface area contributed by atoms with Gasteiger partial charge < -0.3 is 5.32 Å². The molecule has 0 saturated carbocycles. The number of hydrogen-bond donors (Lipinski definition) is 1. The van der Waals surface area contributed by atoms with E-state index in [0.29, 0.717) is 6.04 Å². The lowest BCUT2D eigenvalue weighted by Gasteiger charge is -2.03. The number of fused-ring (bicyclic) bond motifs is 1. The molecule has 20 heavy (non-hydrogen) atoms. The van der Waals surface area contributed by atoms with Crippen molar-refractivity contribution >= 4 is 22.2 Å². The first kappa shape index (κ1) is 13.1. The molecule has 3 rings (SSSR count). The Balaban J connectivity index is 1.87. The zero-order valence-electron chi connectivity index (χ0n) is 11.5. The van der Waals surface area contributed by atoms with Gasteiger partial charge in [0.1, 0.15) is 10.0 Å². The Morgan fingerprint density at radius 2 is 2.10 bits per heavy atom. The van der Waals surface area contributed by atoms with Gasteiger partial charge in [-0.3, -0.25) is 4.98 Å². The minimum Gasteiger partial charge on any atom is -0.308 e. The highest BCUT2D eigenvalue weighted by atomic mass is 32.1. The molecule has 0 bridgehead atoms. The van der Waals surface area contributed by atoms with Crippen LogP contribution in [0.3, 0.4) is 0 Å². The first-order valence-electron chi connectivity index (χ1n) is 6.63. The molecule has 4 nitrogen and oxygen atoms in total. The highest BCUT2D eigenvalue weighted by Gasteiger charge is 2.07. The normalized spacial score (nSPS) is 11.3. The van der Waals surface area contributed by atoms with Crippen molar-refractivity contribution in [1.82, 2.24) is 20.5 Å². The maximum absolute atomic E-state index is 4.33. The predicted octanol–water partition coefficient (Wildman–Crippen LogP) is 3.25. The van der Waals surface area contributed by atoms with Crippen LogP contribution in [-0.2, 0) is 6.54 Å². The average molecular weight is 284 g/mol. The summed E-state index contributed by atoms with van der Waals surface area (Å²) in [6, 6.07) is 10.7. The van der Waals surface area contributed by atoms with Crippen LogP contribution in [0.15, 0.2) is 36.5 Å². The summed E-state index contributed by atoms with van der Waals surface area (Å²) in [6.45, 7) is 5.01. The zero-order valence-corrected chi connectivity index (χ0v) is 12.3. The topological polar surface area (TPSA) is 50.7 Å².